The number of urea groups is 1. The van der Waals surface area contributed by atoms with Gasteiger partial charge in [0.2, 0.25) is 0 Å². The van der Waals surface area contributed by atoms with Crippen LogP contribution >= 0.6 is 15.9 Å². The van der Waals surface area contributed by atoms with Gasteiger partial charge >= 0.3 is 6.03 Å². The Morgan fingerprint density at radius 1 is 1.05 bits per heavy atom. The predicted octanol–water partition coefficient (Wildman–Crippen LogP) is 5.52. The Hall–Kier alpha value is -1.81. The maximum atomic E-state index is 12.0. The molecule has 0 aliphatic rings. The van der Waals surface area contributed by atoms with Crippen molar-refractivity contribution >= 4 is 33.3 Å². The molecule has 3 nitrogen and oxygen atoms in total. The van der Waals surface area contributed by atoms with Crippen LogP contribution in [0, 0.1) is 6.92 Å². The molecule has 2 N–H and O–H groups in total. The monoisotopic (exact) mass is 346 g/mol. The first-order chi connectivity index (χ1) is 9.95. The Morgan fingerprint density at radius 2 is 1.71 bits per heavy atom. The molecule has 4 heteroatoms. The van der Waals surface area contributed by atoms with Gasteiger partial charge in [-0.2, -0.15) is 0 Å². The Morgan fingerprint density at radius 3 is 2.29 bits per heavy atom. The number of carbonyl (C=O) groups excluding carboxylic acids is 1. The zero-order valence-electron chi connectivity index (χ0n) is 12.4. The number of aryl methyl sites for hydroxylation is 1. The third-order valence-corrected chi connectivity index (χ3v) is 3.77. The minimum absolute atomic E-state index is 0.238. The number of carbonyl (C=O) groups is 1. The minimum Gasteiger partial charge on any atom is -0.308 e. The number of benzene rings is 2. The molecule has 2 rings (SSSR count). The quantitative estimate of drug-likeness (QED) is 0.754. The van der Waals surface area contributed by atoms with Gasteiger partial charge in [-0.3, -0.25) is 0 Å². The standard InChI is InChI=1S/C17H19BrN2O/c1-11(2)13-4-7-15(8-5-13)19-17(21)20-16-9-6-14(18)10-12(16)3/h4-11H,1-3H3,(H2,19,20,21). The summed E-state index contributed by atoms with van der Waals surface area (Å²) in [5.41, 5.74) is 3.85. The molecule has 0 saturated heterocycles. The van der Waals surface area contributed by atoms with Gasteiger partial charge in [-0.1, -0.05) is 41.9 Å². The molecule has 0 heterocycles. The van der Waals surface area contributed by atoms with E-state index in [9.17, 15) is 4.79 Å². The normalized spacial score (nSPS) is 10.5. The average molecular weight is 347 g/mol. The number of hydrogen-bond donors (Lipinski definition) is 2. The van der Waals surface area contributed by atoms with Crippen molar-refractivity contribution in [3.05, 3.63) is 58.1 Å². The van der Waals surface area contributed by atoms with Crippen molar-refractivity contribution in [2.45, 2.75) is 26.7 Å². The molecule has 0 spiro atoms. The fourth-order valence-electron chi connectivity index (χ4n) is 2.00. The highest BCUT2D eigenvalue weighted by Crippen LogP contribution is 2.21. The minimum atomic E-state index is -0.238. The zero-order chi connectivity index (χ0) is 15.4. The van der Waals surface area contributed by atoms with E-state index in [4.69, 9.17) is 0 Å². The largest absolute Gasteiger partial charge is 0.323 e. The lowest BCUT2D eigenvalue weighted by Gasteiger charge is -2.11. The Labute approximate surface area is 133 Å². The van der Waals surface area contributed by atoms with Crippen LogP contribution in [0.25, 0.3) is 0 Å². The molecule has 0 unspecified atom stereocenters. The van der Waals surface area contributed by atoms with Crippen LogP contribution in [0.1, 0.15) is 30.9 Å². The van der Waals surface area contributed by atoms with Gasteiger partial charge in [0.1, 0.15) is 0 Å². The number of anilines is 2. The van der Waals surface area contributed by atoms with Crippen LogP contribution < -0.4 is 10.6 Å². The average Bonchev–Trinajstić information content (AvgIpc) is 2.42. The third-order valence-electron chi connectivity index (χ3n) is 3.27. The van der Waals surface area contributed by atoms with Gasteiger partial charge in [0.05, 0.1) is 0 Å². The van der Waals surface area contributed by atoms with Crippen LogP contribution in [0.4, 0.5) is 16.2 Å². The van der Waals surface area contributed by atoms with E-state index < -0.39 is 0 Å². The molecular formula is C17H19BrN2O. The van der Waals surface area contributed by atoms with E-state index in [0.29, 0.717) is 5.92 Å². The number of rotatable bonds is 3. The van der Waals surface area contributed by atoms with Gasteiger partial charge in [0.25, 0.3) is 0 Å². The first kappa shape index (κ1) is 15.6. The Bertz CT molecular complexity index is 636. The molecule has 110 valence electrons. The lowest BCUT2D eigenvalue weighted by molar-refractivity contribution is 0.262. The van der Waals surface area contributed by atoms with Gasteiger partial charge in [0, 0.05) is 15.8 Å². The molecule has 0 saturated carbocycles. The molecule has 0 aliphatic carbocycles. The first-order valence-corrected chi connectivity index (χ1v) is 7.69. The van der Waals surface area contributed by atoms with Crippen LogP contribution in [-0.2, 0) is 0 Å². The van der Waals surface area contributed by atoms with E-state index in [1.54, 1.807) is 0 Å². The van der Waals surface area contributed by atoms with E-state index in [1.807, 2.05) is 49.4 Å². The molecule has 0 radical (unpaired) electrons. The van der Waals surface area contributed by atoms with Crippen molar-refractivity contribution in [3.63, 3.8) is 0 Å². The van der Waals surface area contributed by atoms with E-state index >= 15 is 0 Å². The van der Waals surface area contributed by atoms with E-state index in [0.717, 1.165) is 21.4 Å². The SMILES string of the molecule is Cc1cc(Br)ccc1NC(=O)Nc1ccc(C(C)C)cc1. The highest BCUT2D eigenvalue weighted by molar-refractivity contribution is 9.10. The summed E-state index contributed by atoms with van der Waals surface area (Å²) in [6.07, 6.45) is 0. The topological polar surface area (TPSA) is 41.1 Å². The van der Waals surface area contributed by atoms with Gasteiger partial charge in [0.15, 0.2) is 0 Å². The van der Waals surface area contributed by atoms with Gasteiger partial charge in [-0.15, -0.1) is 0 Å². The fourth-order valence-corrected chi connectivity index (χ4v) is 2.48. The van der Waals surface area contributed by atoms with Crippen molar-refractivity contribution in [1.82, 2.24) is 0 Å². The number of amides is 2. The Kier molecular flexibility index (Phi) is 5.02. The summed E-state index contributed by atoms with van der Waals surface area (Å²) in [6, 6.07) is 13.4. The summed E-state index contributed by atoms with van der Waals surface area (Å²) in [7, 11) is 0. The van der Waals surface area contributed by atoms with Crippen LogP contribution in [0.3, 0.4) is 0 Å². The summed E-state index contributed by atoms with van der Waals surface area (Å²) in [6.45, 7) is 6.24. The summed E-state index contributed by atoms with van der Waals surface area (Å²) in [5, 5.41) is 5.69. The van der Waals surface area contributed by atoms with Crippen molar-refractivity contribution in [2.24, 2.45) is 0 Å². The van der Waals surface area contributed by atoms with Gasteiger partial charge in [-0.25, -0.2) is 4.79 Å². The molecule has 0 bridgehead atoms. The molecule has 2 aromatic carbocycles. The molecule has 0 atom stereocenters. The molecule has 2 amide bonds. The molecule has 0 fully saturated rings. The van der Waals surface area contributed by atoms with Crippen molar-refractivity contribution < 1.29 is 4.79 Å². The van der Waals surface area contributed by atoms with Crippen LogP contribution in [0.15, 0.2) is 46.9 Å². The predicted molar refractivity (Wildman–Crippen MR) is 92.1 cm³/mol. The number of halogens is 1. The maximum absolute atomic E-state index is 12.0. The first-order valence-electron chi connectivity index (χ1n) is 6.90. The second-order valence-corrected chi connectivity index (χ2v) is 6.23. The fraction of sp³-hybridized carbons (Fsp3) is 0.235. The van der Waals surface area contributed by atoms with E-state index in [-0.39, 0.29) is 6.03 Å². The summed E-state index contributed by atoms with van der Waals surface area (Å²) in [5.74, 6) is 0.485. The van der Waals surface area contributed by atoms with Crippen molar-refractivity contribution in [1.29, 1.82) is 0 Å². The van der Waals surface area contributed by atoms with Crippen molar-refractivity contribution in [2.75, 3.05) is 10.6 Å². The maximum Gasteiger partial charge on any atom is 0.323 e. The smallest absolute Gasteiger partial charge is 0.308 e. The highest BCUT2D eigenvalue weighted by Gasteiger charge is 2.06. The summed E-state index contributed by atoms with van der Waals surface area (Å²) in [4.78, 5) is 12.0. The number of nitrogens with one attached hydrogen (secondary N) is 2. The lowest BCUT2D eigenvalue weighted by Crippen LogP contribution is -2.19. The second-order valence-electron chi connectivity index (χ2n) is 5.32. The van der Waals surface area contributed by atoms with Crippen LogP contribution in [0.5, 0.6) is 0 Å². The molecule has 0 aromatic heterocycles. The van der Waals surface area contributed by atoms with E-state index in [1.165, 1.54) is 5.56 Å². The molecule has 21 heavy (non-hydrogen) atoms. The van der Waals surface area contributed by atoms with Gasteiger partial charge < -0.3 is 10.6 Å². The lowest BCUT2D eigenvalue weighted by atomic mass is 10.0. The van der Waals surface area contributed by atoms with Crippen LogP contribution in [-0.4, -0.2) is 6.03 Å². The highest BCUT2D eigenvalue weighted by atomic mass is 79.9. The van der Waals surface area contributed by atoms with Gasteiger partial charge in [-0.05, 0) is 54.3 Å². The molecule has 0 aliphatic heterocycles. The van der Waals surface area contributed by atoms with E-state index in [2.05, 4.69) is 40.4 Å². The summed E-state index contributed by atoms with van der Waals surface area (Å²) >= 11 is 3.41. The molecular weight excluding hydrogens is 328 g/mol. The molecule has 2 aromatic rings. The number of hydrogen-bond acceptors (Lipinski definition) is 1. The van der Waals surface area contributed by atoms with Crippen molar-refractivity contribution in [3.8, 4) is 0 Å². The zero-order valence-corrected chi connectivity index (χ0v) is 14.0. The third kappa shape index (κ3) is 4.33. The second kappa shape index (κ2) is 6.76. The summed E-state index contributed by atoms with van der Waals surface area (Å²) < 4.78 is 0.996. The Balaban J connectivity index is 2.01. The van der Waals surface area contributed by atoms with Crippen LogP contribution in [0.2, 0.25) is 0 Å².